The molecule has 1 N–H and O–H groups in total. The summed E-state index contributed by atoms with van der Waals surface area (Å²) in [6, 6.07) is 8.36. The number of anilines is 1. The van der Waals surface area contributed by atoms with Crippen LogP contribution in [0.15, 0.2) is 24.3 Å². The zero-order valence-electron chi connectivity index (χ0n) is 12.9. The second-order valence-corrected chi connectivity index (χ2v) is 6.03. The molecule has 2 rings (SSSR count). The average Bonchev–Trinajstić information content (AvgIpc) is 2.47. The van der Waals surface area contributed by atoms with Crippen molar-refractivity contribution in [1.29, 1.82) is 0 Å². The Morgan fingerprint density at radius 3 is 2.75 bits per heavy atom. The number of carbonyl (C=O) groups is 1. The number of amides is 1. The number of hydrogen-bond donors (Lipinski definition) is 1. The van der Waals surface area contributed by atoms with E-state index in [-0.39, 0.29) is 5.91 Å². The summed E-state index contributed by atoms with van der Waals surface area (Å²) in [5.74, 6) is 0.897. The van der Waals surface area contributed by atoms with E-state index in [1.807, 2.05) is 24.3 Å². The summed E-state index contributed by atoms with van der Waals surface area (Å²) in [6.07, 6.45) is 6.34. The maximum atomic E-state index is 12.2. The molecule has 2 unspecified atom stereocenters. The fourth-order valence-electron chi connectivity index (χ4n) is 3.05. The zero-order chi connectivity index (χ0) is 14.5. The molecule has 20 heavy (non-hydrogen) atoms. The van der Waals surface area contributed by atoms with E-state index in [9.17, 15) is 4.79 Å². The van der Waals surface area contributed by atoms with Gasteiger partial charge in [0.05, 0.1) is 5.56 Å². The highest BCUT2D eigenvalue weighted by molar-refractivity contribution is 5.99. The van der Waals surface area contributed by atoms with Gasteiger partial charge in [0.15, 0.2) is 0 Å². The summed E-state index contributed by atoms with van der Waals surface area (Å²) in [4.78, 5) is 13.8. The van der Waals surface area contributed by atoms with Crippen LogP contribution in [-0.4, -0.2) is 30.9 Å². The Hall–Kier alpha value is -1.51. The first-order chi connectivity index (χ1) is 9.61. The minimum Gasteiger partial charge on any atom is -0.382 e. The Morgan fingerprint density at radius 2 is 2.05 bits per heavy atom. The number of nitrogens with one attached hydrogen (secondary N) is 1. The number of benzene rings is 1. The van der Waals surface area contributed by atoms with E-state index in [1.165, 1.54) is 32.1 Å². The van der Waals surface area contributed by atoms with Crippen LogP contribution in [-0.2, 0) is 0 Å². The topological polar surface area (TPSA) is 32.3 Å². The molecule has 1 amide bonds. The van der Waals surface area contributed by atoms with Crippen molar-refractivity contribution in [3.8, 4) is 0 Å². The lowest BCUT2D eigenvalue weighted by molar-refractivity contribution is 0.0828. The second kappa shape index (κ2) is 6.78. The van der Waals surface area contributed by atoms with Crippen molar-refractivity contribution in [2.24, 2.45) is 5.92 Å². The number of carbonyl (C=O) groups excluding carboxylic acids is 1. The van der Waals surface area contributed by atoms with E-state index in [0.717, 1.165) is 17.2 Å². The van der Waals surface area contributed by atoms with Crippen LogP contribution in [0.2, 0.25) is 0 Å². The predicted octanol–water partition coefficient (Wildman–Crippen LogP) is 3.77. The highest BCUT2D eigenvalue weighted by Crippen LogP contribution is 2.29. The largest absolute Gasteiger partial charge is 0.382 e. The van der Waals surface area contributed by atoms with E-state index in [1.54, 1.807) is 19.0 Å². The SMILES string of the molecule is CCC1CCCC(Nc2ccccc2C(=O)N(C)C)C1. The molecule has 2 atom stereocenters. The monoisotopic (exact) mass is 274 g/mol. The number of hydrogen-bond acceptors (Lipinski definition) is 2. The molecule has 0 saturated heterocycles. The molecular formula is C17H26N2O. The van der Waals surface area contributed by atoms with Gasteiger partial charge in [-0.25, -0.2) is 0 Å². The minimum absolute atomic E-state index is 0.0657. The van der Waals surface area contributed by atoms with Crippen LogP contribution < -0.4 is 5.32 Å². The molecule has 3 nitrogen and oxygen atoms in total. The van der Waals surface area contributed by atoms with Crippen LogP contribution in [0, 0.1) is 5.92 Å². The van der Waals surface area contributed by atoms with Gasteiger partial charge in [-0.1, -0.05) is 38.3 Å². The fourth-order valence-corrected chi connectivity index (χ4v) is 3.05. The van der Waals surface area contributed by atoms with Gasteiger partial charge in [0.25, 0.3) is 5.91 Å². The summed E-state index contributed by atoms with van der Waals surface area (Å²) in [6.45, 7) is 2.27. The lowest BCUT2D eigenvalue weighted by atomic mass is 9.84. The zero-order valence-corrected chi connectivity index (χ0v) is 12.9. The summed E-state index contributed by atoms with van der Waals surface area (Å²) in [5, 5.41) is 3.60. The van der Waals surface area contributed by atoms with Gasteiger partial charge in [-0.15, -0.1) is 0 Å². The number of nitrogens with zero attached hydrogens (tertiary/aromatic N) is 1. The van der Waals surface area contributed by atoms with Gasteiger partial charge in [-0.3, -0.25) is 4.79 Å². The number of rotatable bonds is 4. The smallest absolute Gasteiger partial charge is 0.255 e. The molecule has 1 aromatic rings. The maximum Gasteiger partial charge on any atom is 0.255 e. The van der Waals surface area contributed by atoms with E-state index >= 15 is 0 Å². The first-order valence-electron chi connectivity index (χ1n) is 7.69. The van der Waals surface area contributed by atoms with Crippen LogP contribution in [0.1, 0.15) is 49.4 Å². The standard InChI is InChI=1S/C17H26N2O/c1-4-13-8-7-9-14(12-13)18-16-11-6-5-10-15(16)17(20)19(2)3/h5-6,10-11,13-14,18H,4,7-9,12H2,1-3H3. The molecule has 3 heteroatoms. The summed E-state index contributed by atoms with van der Waals surface area (Å²) in [7, 11) is 3.60. The Bertz CT molecular complexity index is 456. The molecule has 0 heterocycles. The third-order valence-corrected chi connectivity index (χ3v) is 4.28. The summed E-state index contributed by atoms with van der Waals surface area (Å²) in [5.41, 5.74) is 1.75. The van der Waals surface area contributed by atoms with Crippen molar-refractivity contribution in [2.45, 2.75) is 45.1 Å². The molecule has 0 spiro atoms. The van der Waals surface area contributed by atoms with Gasteiger partial charge in [0.2, 0.25) is 0 Å². The van der Waals surface area contributed by atoms with Gasteiger partial charge in [0, 0.05) is 25.8 Å². The predicted molar refractivity (Wildman–Crippen MR) is 84.1 cm³/mol. The van der Waals surface area contributed by atoms with Gasteiger partial charge in [-0.05, 0) is 30.9 Å². The lowest BCUT2D eigenvalue weighted by Gasteiger charge is -2.30. The van der Waals surface area contributed by atoms with E-state index < -0.39 is 0 Å². The van der Waals surface area contributed by atoms with Crippen molar-refractivity contribution >= 4 is 11.6 Å². The van der Waals surface area contributed by atoms with Crippen LogP contribution in [0.25, 0.3) is 0 Å². The van der Waals surface area contributed by atoms with Crippen LogP contribution in [0.5, 0.6) is 0 Å². The molecule has 1 saturated carbocycles. The first kappa shape index (κ1) is 14.9. The minimum atomic E-state index is 0.0657. The molecule has 0 aromatic heterocycles. The maximum absolute atomic E-state index is 12.2. The second-order valence-electron chi connectivity index (χ2n) is 6.03. The van der Waals surface area contributed by atoms with E-state index in [2.05, 4.69) is 12.2 Å². The third kappa shape index (κ3) is 3.53. The quantitative estimate of drug-likeness (QED) is 0.906. The Kier molecular flexibility index (Phi) is 5.05. The highest BCUT2D eigenvalue weighted by atomic mass is 16.2. The van der Waals surface area contributed by atoms with Gasteiger partial charge in [-0.2, -0.15) is 0 Å². The summed E-state index contributed by atoms with van der Waals surface area (Å²) >= 11 is 0. The normalized spacial score (nSPS) is 22.4. The molecule has 1 aromatic carbocycles. The third-order valence-electron chi connectivity index (χ3n) is 4.28. The number of para-hydroxylation sites is 1. The molecule has 0 aliphatic heterocycles. The van der Waals surface area contributed by atoms with E-state index in [4.69, 9.17) is 0 Å². The Labute approximate surface area is 122 Å². The van der Waals surface area contributed by atoms with Crippen LogP contribution >= 0.6 is 0 Å². The van der Waals surface area contributed by atoms with Gasteiger partial charge < -0.3 is 10.2 Å². The van der Waals surface area contributed by atoms with Crippen LogP contribution in [0.3, 0.4) is 0 Å². The van der Waals surface area contributed by atoms with Crippen LogP contribution in [0.4, 0.5) is 5.69 Å². The highest BCUT2D eigenvalue weighted by Gasteiger charge is 2.22. The molecule has 0 bridgehead atoms. The Balaban J connectivity index is 2.11. The molecular weight excluding hydrogens is 248 g/mol. The molecule has 1 fully saturated rings. The van der Waals surface area contributed by atoms with Crippen molar-refractivity contribution in [3.05, 3.63) is 29.8 Å². The lowest BCUT2D eigenvalue weighted by Crippen LogP contribution is -2.29. The van der Waals surface area contributed by atoms with Crippen molar-refractivity contribution in [1.82, 2.24) is 4.90 Å². The average molecular weight is 274 g/mol. The van der Waals surface area contributed by atoms with Crippen molar-refractivity contribution in [2.75, 3.05) is 19.4 Å². The Morgan fingerprint density at radius 1 is 1.30 bits per heavy atom. The molecule has 1 aliphatic rings. The van der Waals surface area contributed by atoms with Gasteiger partial charge >= 0.3 is 0 Å². The molecule has 0 radical (unpaired) electrons. The van der Waals surface area contributed by atoms with Crippen molar-refractivity contribution < 1.29 is 4.79 Å². The molecule has 110 valence electrons. The summed E-state index contributed by atoms with van der Waals surface area (Å²) < 4.78 is 0. The van der Waals surface area contributed by atoms with E-state index in [0.29, 0.717) is 6.04 Å². The first-order valence-corrected chi connectivity index (χ1v) is 7.69. The van der Waals surface area contributed by atoms with Gasteiger partial charge in [0.1, 0.15) is 0 Å². The molecule has 1 aliphatic carbocycles. The van der Waals surface area contributed by atoms with Crippen molar-refractivity contribution in [3.63, 3.8) is 0 Å². The fraction of sp³-hybridized carbons (Fsp3) is 0.588.